The predicted octanol–water partition coefficient (Wildman–Crippen LogP) is 3.40. The third kappa shape index (κ3) is 6.01. The highest BCUT2D eigenvalue weighted by molar-refractivity contribution is 7.90. The normalized spacial score (nSPS) is 13.4. The van der Waals surface area contributed by atoms with E-state index >= 15 is 0 Å². The summed E-state index contributed by atoms with van der Waals surface area (Å²) in [5, 5.41) is 9.39. The Hall–Kier alpha value is -2.49. The molecule has 10 heteroatoms. The lowest BCUT2D eigenvalue weighted by molar-refractivity contribution is 0.0477. The zero-order valence-electron chi connectivity index (χ0n) is 16.4. The zero-order valence-corrected chi connectivity index (χ0v) is 17.2. The topological polar surface area (TPSA) is 111 Å². The van der Waals surface area contributed by atoms with Crippen molar-refractivity contribution in [3.63, 3.8) is 0 Å². The smallest absolute Gasteiger partial charge is 0.408 e. The minimum atomic E-state index is -3.98. The number of amides is 1. The number of halogens is 1. The Morgan fingerprint density at radius 3 is 2.54 bits per heavy atom. The highest BCUT2D eigenvalue weighted by Crippen LogP contribution is 2.24. The van der Waals surface area contributed by atoms with E-state index < -0.39 is 44.4 Å². The molecule has 0 aliphatic rings. The summed E-state index contributed by atoms with van der Waals surface area (Å²) in [6.45, 7) is 8.77. The van der Waals surface area contributed by atoms with E-state index in [1.54, 1.807) is 34.6 Å². The van der Waals surface area contributed by atoms with Crippen molar-refractivity contribution < 1.29 is 26.8 Å². The molecular weight excluding hydrogens is 389 g/mol. The fourth-order valence-corrected chi connectivity index (χ4v) is 3.45. The number of nitrogens with zero attached hydrogens (tertiary/aromatic N) is 2. The Morgan fingerprint density at radius 2 is 1.96 bits per heavy atom. The van der Waals surface area contributed by atoms with Crippen molar-refractivity contribution in [2.24, 2.45) is 5.92 Å². The first-order valence-electron chi connectivity index (χ1n) is 8.67. The molecule has 0 spiro atoms. The van der Waals surface area contributed by atoms with Crippen molar-refractivity contribution in [1.82, 2.24) is 15.5 Å². The fraction of sp³-hybridized carbons (Fsp3) is 0.500. The Morgan fingerprint density at radius 1 is 1.29 bits per heavy atom. The van der Waals surface area contributed by atoms with Crippen LogP contribution in [-0.2, 0) is 20.3 Å². The fourth-order valence-electron chi connectivity index (χ4n) is 2.33. The molecule has 154 valence electrons. The molecule has 1 atom stereocenters. The summed E-state index contributed by atoms with van der Waals surface area (Å²) in [6.07, 6.45) is -0.687. The summed E-state index contributed by atoms with van der Waals surface area (Å²) in [4.78, 5) is 12.0. The van der Waals surface area contributed by atoms with Crippen LogP contribution in [0.1, 0.15) is 52.1 Å². The molecule has 0 aliphatic heterocycles. The van der Waals surface area contributed by atoms with Crippen molar-refractivity contribution in [3.05, 3.63) is 41.5 Å². The molecule has 1 N–H and O–H groups in total. The summed E-state index contributed by atoms with van der Waals surface area (Å²) in [7, 11) is -3.98. The van der Waals surface area contributed by atoms with E-state index in [4.69, 9.17) is 9.15 Å². The van der Waals surface area contributed by atoms with Crippen LogP contribution in [-0.4, -0.2) is 30.3 Å². The van der Waals surface area contributed by atoms with E-state index in [2.05, 4.69) is 15.5 Å². The number of nitrogens with one attached hydrogen (secondary N) is 1. The van der Waals surface area contributed by atoms with E-state index in [-0.39, 0.29) is 17.4 Å². The average molecular weight is 413 g/mol. The molecule has 1 aromatic carbocycles. The molecule has 1 amide bonds. The lowest BCUT2D eigenvalue weighted by Crippen LogP contribution is -2.37. The maximum Gasteiger partial charge on any atom is 0.408 e. The van der Waals surface area contributed by atoms with Crippen molar-refractivity contribution in [2.45, 2.75) is 57.2 Å². The van der Waals surface area contributed by atoms with Gasteiger partial charge in [-0.3, -0.25) is 0 Å². The molecule has 2 rings (SSSR count). The molecule has 0 saturated carbocycles. The average Bonchev–Trinajstić information content (AvgIpc) is 3.00. The predicted molar refractivity (Wildman–Crippen MR) is 98.5 cm³/mol. The quantitative estimate of drug-likeness (QED) is 0.772. The summed E-state index contributed by atoms with van der Waals surface area (Å²) < 4.78 is 48.8. The van der Waals surface area contributed by atoms with E-state index in [9.17, 15) is 17.6 Å². The van der Waals surface area contributed by atoms with Gasteiger partial charge in [0.25, 0.3) is 0 Å². The lowest BCUT2D eigenvalue weighted by Gasteiger charge is -2.23. The van der Waals surface area contributed by atoms with Crippen LogP contribution < -0.4 is 5.32 Å². The minimum Gasteiger partial charge on any atom is -0.444 e. The van der Waals surface area contributed by atoms with E-state index in [0.717, 1.165) is 6.07 Å². The van der Waals surface area contributed by atoms with E-state index in [1.165, 1.54) is 18.2 Å². The summed E-state index contributed by atoms with van der Waals surface area (Å²) in [5.74, 6) is -1.26. The van der Waals surface area contributed by atoms with Gasteiger partial charge < -0.3 is 14.5 Å². The molecule has 1 aromatic heterocycles. The van der Waals surface area contributed by atoms with Gasteiger partial charge in [-0.15, -0.1) is 5.10 Å². The summed E-state index contributed by atoms with van der Waals surface area (Å²) >= 11 is 0. The maximum atomic E-state index is 13.3. The van der Waals surface area contributed by atoms with Crippen LogP contribution >= 0.6 is 0 Å². The second-order valence-electron chi connectivity index (χ2n) is 7.66. The van der Waals surface area contributed by atoms with Crippen molar-refractivity contribution >= 4 is 15.9 Å². The van der Waals surface area contributed by atoms with Gasteiger partial charge in [-0.25, -0.2) is 17.6 Å². The van der Waals surface area contributed by atoms with Crippen LogP contribution in [0.4, 0.5) is 9.18 Å². The number of hydrogen-bond donors (Lipinski definition) is 1. The van der Waals surface area contributed by atoms with Crippen molar-refractivity contribution in [1.29, 1.82) is 0 Å². The Balaban J connectivity index is 2.20. The maximum absolute atomic E-state index is 13.3. The van der Waals surface area contributed by atoms with Gasteiger partial charge in [-0.1, -0.05) is 31.1 Å². The highest BCUT2D eigenvalue weighted by atomic mass is 32.2. The van der Waals surface area contributed by atoms with Crippen LogP contribution in [0.15, 0.2) is 33.9 Å². The molecule has 8 nitrogen and oxygen atoms in total. The van der Waals surface area contributed by atoms with Gasteiger partial charge >= 0.3 is 11.3 Å². The van der Waals surface area contributed by atoms with Crippen LogP contribution in [0.2, 0.25) is 0 Å². The monoisotopic (exact) mass is 413 g/mol. The molecule has 0 fully saturated rings. The number of alkyl carbamates (subject to hydrolysis) is 1. The second-order valence-corrected chi connectivity index (χ2v) is 9.53. The van der Waals surface area contributed by atoms with E-state index in [1.807, 2.05) is 0 Å². The van der Waals surface area contributed by atoms with Gasteiger partial charge in [0.2, 0.25) is 15.7 Å². The molecule has 0 radical (unpaired) electrons. The summed E-state index contributed by atoms with van der Waals surface area (Å²) in [5.41, 5.74) is -0.438. The van der Waals surface area contributed by atoms with Gasteiger partial charge in [-0.2, -0.15) is 0 Å². The van der Waals surface area contributed by atoms with E-state index in [0.29, 0.717) is 0 Å². The number of rotatable bonds is 6. The first-order valence-corrected chi connectivity index (χ1v) is 10.3. The number of sulfone groups is 1. The molecule has 1 heterocycles. The molecule has 0 unspecified atom stereocenters. The van der Waals surface area contributed by atoms with Crippen LogP contribution in [0, 0.1) is 11.7 Å². The van der Waals surface area contributed by atoms with Gasteiger partial charge in [0.15, 0.2) is 0 Å². The molecule has 0 bridgehead atoms. The number of hydrogen-bond acceptors (Lipinski definition) is 7. The number of carbonyl (C=O) groups excluding carboxylic acids is 1. The molecular formula is C18H24FN3O5S. The van der Waals surface area contributed by atoms with Crippen molar-refractivity contribution in [3.8, 4) is 0 Å². The minimum absolute atomic E-state index is 0.0568. The molecule has 28 heavy (non-hydrogen) atoms. The molecule has 0 saturated heterocycles. The third-order valence-electron chi connectivity index (χ3n) is 3.54. The SMILES string of the molecule is CC(C)[C@@H](NC(=O)OC(C)(C)C)c1nnc(S(=O)(=O)Cc2cccc(F)c2)o1. The van der Waals surface area contributed by atoms with Crippen molar-refractivity contribution in [2.75, 3.05) is 0 Å². The highest BCUT2D eigenvalue weighted by Gasteiger charge is 2.30. The molecule has 2 aromatic rings. The number of carbonyl (C=O) groups is 1. The second kappa shape index (κ2) is 8.26. The largest absolute Gasteiger partial charge is 0.444 e. The van der Waals surface area contributed by atoms with Gasteiger partial charge in [0.05, 0.1) is 5.75 Å². The third-order valence-corrected chi connectivity index (χ3v) is 4.95. The first-order chi connectivity index (χ1) is 12.9. The Bertz CT molecular complexity index is 935. The lowest BCUT2D eigenvalue weighted by atomic mass is 10.1. The van der Waals surface area contributed by atoms with Crippen LogP contribution in [0.25, 0.3) is 0 Å². The van der Waals surface area contributed by atoms with Crippen LogP contribution in [0.5, 0.6) is 0 Å². The summed E-state index contributed by atoms with van der Waals surface area (Å²) in [6, 6.07) is 4.50. The molecule has 0 aliphatic carbocycles. The Kier molecular flexibility index (Phi) is 6.43. The number of benzene rings is 1. The number of aromatic nitrogens is 2. The van der Waals surface area contributed by atoms with Gasteiger partial charge in [-0.05, 0) is 44.4 Å². The standard InChI is InChI=1S/C18H24FN3O5S/c1-11(2)14(20-16(23)27-18(3,4)5)15-21-22-17(26-15)28(24,25)10-12-7-6-8-13(19)9-12/h6-9,11,14H,10H2,1-5H3,(H,20,23)/t14-/m1/s1. The van der Waals surface area contributed by atoms with Gasteiger partial charge in [0, 0.05) is 0 Å². The Labute approximate surface area is 163 Å². The number of ether oxygens (including phenoxy) is 1. The first kappa shape index (κ1) is 21.8. The van der Waals surface area contributed by atoms with Crippen LogP contribution in [0.3, 0.4) is 0 Å². The van der Waals surface area contributed by atoms with Gasteiger partial charge in [0.1, 0.15) is 17.5 Å². The zero-order chi connectivity index (χ0) is 21.1.